The van der Waals surface area contributed by atoms with Crippen LogP contribution < -0.4 is 5.32 Å². The molecule has 0 spiro atoms. The largest absolute Gasteiger partial charge is 0.369 e. The highest BCUT2D eigenvalue weighted by Gasteiger charge is 2.43. The number of hydrogen-bond donors (Lipinski definition) is 1. The summed E-state index contributed by atoms with van der Waals surface area (Å²) in [6.45, 7) is 2.28. The molecular formula is C41H26N6. The van der Waals surface area contributed by atoms with E-state index < -0.39 is 5.54 Å². The fourth-order valence-corrected chi connectivity index (χ4v) is 8.28. The number of fused-ring (bicyclic) bond motifs is 14. The first-order valence-corrected chi connectivity index (χ1v) is 16.0. The van der Waals surface area contributed by atoms with Crippen molar-refractivity contribution in [2.45, 2.75) is 12.5 Å². The van der Waals surface area contributed by atoms with E-state index >= 15 is 0 Å². The molecule has 0 saturated carbocycles. The third-order valence-corrected chi connectivity index (χ3v) is 10.2. The maximum absolute atomic E-state index is 5.50. The van der Waals surface area contributed by atoms with Crippen molar-refractivity contribution < 1.29 is 0 Å². The Hall–Kier alpha value is -6.27. The molecule has 0 radical (unpaired) electrons. The van der Waals surface area contributed by atoms with Gasteiger partial charge in [-0.1, -0.05) is 78.9 Å². The molecule has 3 aromatic heterocycles. The van der Waals surface area contributed by atoms with Crippen molar-refractivity contribution in [3.63, 3.8) is 0 Å². The topological polar surface area (TPSA) is 60.0 Å². The second-order valence-corrected chi connectivity index (χ2v) is 12.7. The molecule has 11 rings (SSSR count). The van der Waals surface area contributed by atoms with Crippen LogP contribution in [0.25, 0.3) is 66.0 Å². The quantitative estimate of drug-likeness (QED) is 0.204. The summed E-state index contributed by atoms with van der Waals surface area (Å²) in [6, 6.07) is 45.3. The Kier molecular flexibility index (Phi) is 4.63. The lowest BCUT2D eigenvalue weighted by Gasteiger charge is -2.37. The number of hydrogen-bond acceptors (Lipinski definition) is 4. The van der Waals surface area contributed by atoms with E-state index in [1.165, 1.54) is 27.1 Å². The monoisotopic (exact) mass is 602 g/mol. The average molecular weight is 603 g/mol. The van der Waals surface area contributed by atoms with Crippen molar-refractivity contribution in [2.75, 3.05) is 5.32 Å². The minimum atomic E-state index is -0.576. The van der Waals surface area contributed by atoms with Gasteiger partial charge in [0.2, 0.25) is 0 Å². The minimum Gasteiger partial charge on any atom is -0.369 e. The lowest BCUT2D eigenvalue weighted by Crippen LogP contribution is -2.42. The van der Waals surface area contributed by atoms with E-state index in [9.17, 15) is 0 Å². The molecule has 2 aliphatic rings. The van der Waals surface area contributed by atoms with Crippen LogP contribution in [-0.2, 0) is 5.54 Å². The van der Waals surface area contributed by atoms with Gasteiger partial charge >= 0.3 is 0 Å². The third-order valence-electron chi connectivity index (χ3n) is 10.2. The van der Waals surface area contributed by atoms with Crippen molar-refractivity contribution in [3.05, 3.63) is 145 Å². The molecule has 0 aliphatic carbocycles. The Morgan fingerprint density at radius 2 is 1.32 bits per heavy atom. The van der Waals surface area contributed by atoms with Gasteiger partial charge in [-0.15, -0.1) is 0 Å². The standard InChI is InChI=1S/C41H26N6/c1-41-29-15-5-11-21-35(29)46-34-20-10-4-14-26(34)36-37-27(22-28(38(36)46)39(41)44-31-17-7-8-18-32(31)45-41)24-12-3-9-19-33(24)47(37)40-25-13-2-6-16-30(25)42-23-43-40/h2-23,45H,1H3. The molecule has 0 bridgehead atoms. The van der Waals surface area contributed by atoms with Gasteiger partial charge in [0.25, 0.3) is 0 Å². The molecular weight excluding hydrogens is 576 g/mol. The number of aliphatic imine (C=N–C) groups is 1. The van der Waals surface area contributed by atoms with E-state index in [0.29, 0.717) is 0 Å². The normalized spacial score (nSPS) is 16.6. The van der Waals surface area contributed by atoms with Crippen LogP contribution in [0.4, 0.5) is 11.4 Å². The van der Waals surface area contributed by atoms with Crippen LogP contribution >= 0.6 is 0 Å². The Morgan fingerprint density at radius 3 is 2.21 bits per heavy atom. The Balaban J connectivity index is 1.43. The molecule has 220 valence electrons. The van der Waals surface area contributed by atoms with E-state index in [4.69, 9.17) is 9.98 Å². The van der Waals surface area contributed by atoms with Crippen LogP contribution in [0.1, 0.15) is 18.1 Å². The number of rotatable bonds is 1. The average Bonchev–Trinajstić information content (AvgIpc) is 3.61. The van der Waals surface area contributed by atoms with Crippen LogP contribution in [0, 0.1) is 0 Å². The van der Waals surface area contributed by atoms with Crippen molar-refractivity contribution in [1.29, 1.82) is 0 Å². The molecule has 1 unspecified atom stereocenters. The van der Waals surface area contributed by atoms with Crippen LogP contribution in [0.5, 0.6) is 0 Å². The summed E-state index contributed by atoms with van der Waals surface area (Å²) in [5, 5.41) is 9.70. The molecule has 0 saturated heterocycles. The highest BCUT2D eigenvalue weighted by atomic mass is 15.1. The molecule has 6 heteroatoms. The predicted molar refractivity (Wildman–Crippen MR) is 192 cm³/mol. The zero-order chi connectivity index (χ0) is 30.9. The number of nitrogens with zero attached hydrogens (tertiary/aromatic N) is 5. The molecule has 1 N–H and O–H groups in total. The van der Waals surface area contributed by atoms with Crippen molar-refractivity contribution in [1.82, 2.24) is 19.1 Å². The van der Waals surface area contributed by atoms with E-state index in [1.807, 2.05) is 6.07 Å². The number of aromatic nitrogens is 4. The number of anilines is 1. The van der Waals surface area contributed by atoms with Crippen LogP contribution in [0.15, 0.2) is 139 Å². The number of benzene rings is 6. The molecule has 6 aromatic carbocycles. The highest BCUT2D eigenvalue weighted by molar-refractivity contribution is 6.33. The number of nitrogens with one attached hydrogen (secondary N) is 1. The van der Waals surface area contributed by atoms with E-state index in [1.54, 1.807) is 6.33 Å². The number of para-hydroxylation sites is 6. The third kappa shape index (κ3) is 3.07. The van der Waals surface area contributed by atoms with Gasteiger partial charge in [-0.2, -0.15) is 0 Å². The van der Waals surface area contributed by atoms with Crippen LogP contribution in [0.3, 0.4) is 0 Å². The zero-order valence-electron chi connectivity index (χ0n) is 25.4. The summed E-state index contributed by atoms with van der Waals surface area (Å²) in [4.78, 5) is 15.1. The molecule has 9 aromatic rings. The molecule has 0 fully saturated rings. The van der Waals surface area contributed by atoms with E-state index in [-0.39, 0.29) is 0 Å². The van der Waals surface area contributed by atoms with E-state index in [2.05, 4.69) is 148 Å². The summed E-state index contributed by atoms with van der Waals surface area (Å²) in [5.41, 5.74) is 11.4. The maximum atomic E-state index is 5.50. The summed E-state index contributed by atoms with van der Waals surface area (Å²) >= 11 is 0. The maximum Gasteiger partial charge on any atom is 0.148 e. The first-order chi connectivity index (χ1) is 23.2. The fraction of sp³-hybridized carbons (Fsp3) is 0.0488. The highest BCUT2D eigenvalue weighted by Crippen LogP contribution is 2.50. The van der Waals surface area contributed by atoms with Crippen LogP contribution in [-0.4, -0.2) is 24.8 Å². The molecule has 1 atom stereocenters. The van der Waals surface area contributed by atoms with Gasteiger partial charge < -0.3 is 9.88 Å². The summed E-state index contributed by atoms with van der Waals surface area (Å²) < 4.78 is 4.82. The lowest BCUT2D eigenvalue weighted by molar-refractivity contribution is 0.729. The van der Waals surface area contributed by atoms with Gasteiger partial charge in [0.15, 0.2) is 0 Å². The Labute approximate surface area is 269 Å². The van der Waals surface area contributed by atoms with Gasteiger partial charge in [-0.05, 0) is 55.5 Å². The summed E-state index contributed by atoms with van der Waals surface area (Å²) in [5.74, 6) is 0.874. The SMILES string of the molecule is CC12Nc3ccccc3N=C1c1cc3c4ccccc4n(-c4ncnc5ccccc45)c3c3c4ccccc4n(c13)-c1ccccc12. The lowest BCUT2D eigenvalue weighted by atomic mass is 9.81. The zero-order valence-corrected chi connectivity index (χ0v) is 25.4. The second kappa shape index (κ2) is 8.71. The molecule has 0 amide bonds. The van der Waals surface area contributed by atoms with Gasteiger partial charge in [-0.3, -0.25) is 4.57 Å². The molecule has 5 heterocycles. The molecule has 2 aliphatic heterocycles. The van der Waals surface area contributed by atoms with Crippen molar-refractivity contribution >= 4 is 71.6 Å². The predicted octanol–water partition coefficient (Wildman–Crippen LogP) is 9.60. The Morgan fingerprint density at radius 1 is 0.617 bits per heavy atom. The minimum absolute atomic E-state index is 0.576. The van der Waals surface area contributed by atoms with Gasteiger partial charge in [0.1, 0.15) is 17.7 Å². The smallest absolute Gasteiger partial charge is 0.148 e. The fourth-order valence-electron chi connectivity index (χ4n) is 8.28. The van der Waals surface area contributed by atoms with Crippen molar-refractivity contribution in [3.8, 4) is 11.5 Å². The summed E-state index contributed by atoms with van der Waals surface area (Å²) in [6.07, 6.45) is 1.68. The van der Waals surface area contributed by atoms with Crippen molar-refractivity contribution in [2.24, 2.45) is 4.99 Å². The molecule has 47 heavy (non-hydrogen) atoms. The Bertz CT molecular complexity index is 2850. The first kappa shape index (κ1) is 25.0. The van der Waals surface area contributed by atoms with Crippen LogP contribution in [0.2, 0.25) is 0 Å². The van der Waals surface area contributed by atoms with E-state index in [0.717, 1.165) is 67.1 Å². The summed E-state index contributed by atoms with van der Waals surface area (Å²) in [7, 11) is 0. The second-order valence-electron chi connectivity index (χ2n) is 12.7. The van der Waals surface area contributed by atoms with Gasteiger partial charge in [0.05, 0.1) is 50.4 Å². The molecule has 6 nitrogen and oxygen atoms in total. The van der Waals surface area contributed by atoms with Gasteiger partial charge in [0, 0.05) is 38.1 Å². The first-order valence-electron chi connectivity index (χ1n) is 16.0. The van der Waals surface area contributed by atoms with Gasteiger partial charge in [-0.25, -0.2) is 15.0 Å².